The second kappa shape index (κ2) is 8.43. The van der Waals surface area contributed by atoms with Crippen LogP contribution in [0.2, 0.25) is 0 Å². The Morgan fingerprint density at radius 3 is 2.42 bits per heavy atom. The number of nitrogens with one attached hydrogen (secondary N) is 2. The smallest absolute Gasteiger partial charge is 0.220 e. The summed E-state index contributed by atoms with van der Waals surface area (Å²) in [5.74, 6) is 0.934. The number of anilines is 1. The summed E-state index contributed by atoms with van der Waals surface area (Å²) in [6.07, 6.45) is 5.01. The summed E-state index contributed by atoms with van der Waals surface area (Å²) in [5.41, 5.74) is 2.88. The third-order valence-corrected chi connectivity index (χ3v) is 5.90. The highest BCUT2D eigenvalue weighted by atomic mass is 16.1. The predicted molar refractivity (Wildman–Crippen MR) is 109 cm³/mol. The zero-order valence-corrected chi connectivity index (χ0v) is 16.7. The molecule has 2 aliphatic rings. The molecule has 0 saturated carbocycles. The largest absolute Gasteiger partial charge is 0.371 e. The molecule has 1 aromatic rings. The molecule has 0 radical (unpaired) electrons. The summed E-state index contributed by atoms with van der Waals surface area (Å²) >= 11 is 0. The lowest BCUT2D eigenvalue weighted by molar-refractivity contribution is -0.122. The average molecular weight is 358 g/mol. The van der Waals surface area contributed by atoms with Crippen LogP contribution in [-0.2, 0) is 10.2 Å². The van der Waals surface area contributed by atoms with Gasteiger partial charge >= 0.3 is 0 Å². The van der Waals surface area contributed by atoms with Crippen LogP contribution in [0.3, 0.4) is 0 Å². The fraction of sp³-hybridized carbons (Fsp3) is 0.682. The van der Waals surface area contributed by atoms with Gasteiger partial charge in [-0.15, -0.1) is 0 Å². The van der Waals surface area contributed by atoms with Crippen molar-refractivity contribution in [2.24, 2.45) is 5.92 Å². The fourth-order valence-corrected chi connectivity index (χ4v) is 4.05. The lowest BCUT2D eigenvalue weighted by Crippen LogP contribution is -2.44. The SMILES string of the molecule is CC(C)(C)c1ccc(N2CCC(NC(=O)CCC3CCNC3)CC2)cc1. The van der Waals surface area contributed by atoms with E-state index in [2.05, 4.69) is 60.6 Å². The number of carbonyl (C=O) groups is 1. The monoisotopic (exact) mass is 357 g/mol. The van der Waals surface area contributed by atoms with Gasteiger partial charge in [0.25, 0.3) is 0 Å². The molecule has 2 aliphatic heterocycles. The third kappa shape index (κ3) is 5.23. The summed E-state index contributed by atoms with van der Waals surface area (Å²) in [6, 6.07) is 9.33. The Balaban J connectivity index is 1.41. The molecule has 0 aromatic heterocycles. The molecular weight excluding hydrogens is 322 g/mol. The van der Waals surface area contributed by atoms with E-state index in [1.54, 1.807) is 0 Å². The summed E-state index contributed by atoms with van der Waals surface area (Å²) in [7, 11) is 0. The van der Waals surface area contributed by atoms with Crippen molar-refractivity contribution < 1.29 is 4.79 Å². The van der Waals surface area contributed by atoms with Crippen LogP contribution in [0.4, 0.5) is 5.69 Å². The number of piperidine rings is 1. The molecule has 2 fully saturated rings. The van der Waals surface area contributed by atoms with Crippen molar-refractivity contribution in [2.75, 3.05) is 31.1 Å². The molecule has 0 spiro atoms. The van der Waals surface area contributed by atoms with E-state index >= 15 is 0 Å². The zero-order valence-electron chi connectivity index (χ0n) is 16.7. The van der Waals surface area contributed by atoms with Crippen molar-refractivity contribution in [1.82, 2.24) is 10.6 Å². The molecule has 2 saturated heterocycles. The van der Waals surface area contributed by atoms with Crippen LogP contribution in [-0.4, -0.2) is 38.1 Å². The van der Waals surface area contributed by atoms with Crippen molar-refractivity contribution in [1.29, 1.82) is 0 Å². The number of benzene rings is 1. The number of nitrogens with zero attached hydrogens (tertiary/aromatic N) is 1. The minimum Gasteiger partial charge on any atom is -0.371 e. The van der Waals surface area contributed by atoms with E-state index in [0.29, 0.717) is 18.4 Å². The standard InChI is InChI=1S/C22H35N3O/c1-22(2,3)18-5-7-20(8-6-18)25-14-11-19(12-15-25)24-21(26)9-4-17-10-13-23-16-17/h5-8,17,19,23H,4,9-16H2,1-3H3,(H,24,26). The molecule has 2 N–H and O–H groups in total. The molecule has 1 atom stereocenters. The van der Waals surface area contributed by atoms with E-state index in [9.17, 15) is 4.79 Å². The highest BCUT2D eigenvalue weighted by Crippen LogP contribution is 2.26. The Kier molecular flexibility index (Phi) is 6.23. The first kappa shape index (κ1) is 19.2. The number of rotatable bonds is 5. The average Bonchev–Trinajstić information content (AvgIpc) is 3.14. The highest BCUT2D eigenvalue weighted by molar-refractivity contribution is 5.76. The maximum atomic E-state index is 12.2. The predicted octanol–water partition coefficient (Wildman–Crippen LogP) is 3.46. The minimum atomic E-state index is 0.199. The topological polar surface area (TPSA) is 44.4 Å². The lowest BCUT2D eigenvalue weighted by atomic mass is 9.87. The normalized spacial score (nSPS) is 21.8. The molecule has 0 aliphatic carbocycles. The molecule has 4 heteroatoms. The Morgan fingerprint density at radius 2 is 1.85 bits per heavy atom. The van der Waals surface area contributed by atoms with Gasteiger partial charge in [-0.2, -0.15) is 0 Å². The van der Waals surface area contributed by atoms with E-state index in [1.165, 1.54) is 17.7 Å². The second-order valence-corrected chi connectivity index (χ2v) is 9.02. The molecule has 1 aromatic carbocycles. The Labute approximate surface area is 158 Å². The van der Waals surface area contributed by atoms with Crippen molar-refractivity contribution >= 4 is 11.6 Å². The van der Waals surface area contributed by atoms with E-state index in [1.807, 2.05) is 0 Å². The summed E-state index contributed by atoms with van der Waals surface area (Å²) < 4.78 is 0. The molecule has 1 unspecified atom stereocenters. The first-order valence-electron chi connectivity index (χ1n) is 10.3. The molecule has 144 valence electrons. The molecular formula is C22H35N3O. The minimum absolute atomic E-state index is 0.199. The van der Waals surface area contributed by atoms with Gasteiger partial charge in [0.1, 0.15) is 0 Å². The summed E-state index contributed by atoms with van der Waals surface area (Å²) in [4.78, 5) is 14.6. The van der Waals surface area contributed by atoms with Crippen molar-refractivity contribution in [3.63, 3.8) is 0 Å². The quantitative estimate of drug-likeness (QED) is 0.848. The maximum absolute atomic E-state index is 12.2. The van der Waals surface area contributed by atoms with Gasteiger partial charge in [0, 0.05) is 31.2 Å². The van der Waals surface area contributed by atoms with Gasteiger partial charge in [-0.1, -0.05) is 32.9 Å². The number of amides is 1. The first-order valence-corrected chi connectivity index (χ1v) is 10.3. The van der Waals surface area contributed by atoms with Crippen LogP contribution in [0.5, 0.6) is 0 Å². The number of hydrogen-bond acceptors (Lipinski definition) is 3. The molecule has 26 heavy (non-hydrogen) atoms. The maximum Gasteiger partial charge on any atom is 0.220 e. The first-order chi connectivity index (χ1) is 12.4. The van der Waals surface area contributed by atoms with Crippen LogP contribution in [0.15, 0.2) is 24.3 Å². The molecule has 2 heterocycles. The van der Waals surface area contributed by atoms with Crippen molar-refractivity contribution in [3.8, 4) is 0 Å². The number of carbonyl (C=O) groups excluding carboxylic acids is 1. The molecule has 1 amide bonds. The van der Waals surface area contributed by atoms with E-state index in [4.69, 9.17) is 0 Å². The van der Waals surface area contributed by atoms with Crippen LogP contribution in [0.25, 0.3) is 0 Å². The Hall–Kier alpha value is -1.55. The van der Waals surface area contributed by atoms with Gasteiger partial charge in [0.2, 0.25) is 5.91 Å². The zero-order chi connectivity index (χ0) is 18.6. The van der Waals surface area contributed by atoms with Crippen molar-refractivity contribution in [2.45, 2.75) is 64.3 Å². The Morgan fingerprint density at radius 1 is 1.15 bits per heavy atom. The third-order valence-electron chi connectivity index (χ3n) is 5.90. The Bertz CT molecular complexity index is 576. The van der Waals surface area contributed by atoms with Gasteiger partial charge in [0.15, 0.2) is 0 Å². The van der Waals surface area contributed by atoms with E-state index in [0.717, 1.165) is 45.4 Å². The second-order valence-electron chi connectivity index (χ2n) is 9.02. The van der Waals surface area contributed by atoms with Crippen LogP contribution >= 0.6 is 0 Å². The highest BCUT2D eigenvalue weighted by Gasteiger charge is 2.22. The van der Waals surface area contributed by atoms with Crippen LogP contribution < -0.4 is 15.5 Å². The van der Waals surface area contributed by atoms with E-state index < -0.39 is 0 Å². The molecule has 3 rings (SSSR count). The van der Waals surface area contributed by atoms with Gasteiger partial charge < -0.3 is 15.5 Å². The van der Waals surface area contributed by atoms with Gasteiger partial charge in [-0.3, -0.25) is 4.79 Å². The number of hydrogen-bond donors (Lipinski definition) is 2. The van der Waals surface area contributed by atoms with Gasteiger partial charge in [0.05, 0.1) is 0 Å². The summed E-state index contributed by atoms with van der Waals surface area (Å²) in [5, 5.41) is 6.63. The lowest BCUT2D eigenvalue weighted by Gasteiger charge is -2.34. The molecule has 4 nitrogen and oxygen atoms in total. The summed E-state index contributed by atoms with van der Waals surface area (Å²) in [6.45, 7) is 11.0. The van der Waals surface area contributed by atoms with Crippen LogP contribution in [0, 0.1) is 5.92 Å². The molecule has 0 bridgehead atoms. The van der Waals surface area contributed by atoms with Crippen LogP contribution in [0.1, 0.15) is 58.4 Å². The fourth-order valence-electron chi connectivity index (χ4n) is 4.05. The van der Waals surface area contributed by atoms with Gasteiger partial charge in [-0.05, 0) is 67.8 Å². The van der Waals surface area contributed by atoms with Crippen molar-refractivity contribution in [3.05, 3.63) is 29.8 Å². The van der Waals surface area contributed by atoms with Gasteiger partial charge in [-0.25, -0.2) is 0 Å². The van der Waals surface area contributed by atoms with E-state index in [-0.39, 0.29) is 11.3 Å².